The van der Waals surface area contributed by atoms with Crippen LogP contribution in [0.1, 0.15) is 65.9 Å². The van der Waals surface area contributed by atoms with Gasteiger partial charge >= 0.3 is 0 Å². The molecule has 0 unspecified atom stereocenters. The molecule has 0 spiro atoms. The fourth-order valence-electron chi connectivity index (χ4n) is 4.42. The SMILES string of the molecule is Cc1nc(NC2CCCCC2)sc1C(=O)NC1CCN(Cc2ccccc2)CC1. The number of aromatic nitrogens is 1. The lowest BCUT2D eigenvalue weighted by molar-refractivity contribution is 0.0912. The van der Waals surface area contributed by atoms with Gasteiger partial charge in [-0.2, -0.15) is 0 Å². The highest BCUT2D eigenvalue weighted by atomic mass is 32.1. The number of thiazole rings is 1. The first-order chi connectivity index (χ1) is 14.2. The van der Waals surface area contributed by atoms with E-state index >= 15 is 0 Å². The van der Waals surface area contributed by atoms with Crippen LogP contribution in [0.4, 0.5) is 5.13 Å². The van der Waals surface area contributed by atoms with Crippen LogP contribution < -0.4 is 10.6 Å². The molecule has 1 aromatic carbocycles. The molecule has 1 aromatic heterocycles. The molecule has 2 N–H and O–H groups in total. The van der Waals surface area contributed by atoms with Gasteiger partial charge in [-0.3, -0.25) is 9.69 Å². The van der Waals surface area contributed by atoms with Gasteiger partial charge in [-0.15, -0.1) is 0 Å². The lowest BCUT2D eigenvalue weighted by Crippen LogP contribution is -2.44. The zero-order chi connectivity index (χ0) is 20.1. The number of amides is 1. The first-order valence-electron chi connectivity index (χ1n) is 11.0. The van der Waals surface area contributed by atoms with Crippen LogP contribution in [0, 0.1) is 6.92 Å². The molecule has 2 heterocycles. The van der Waals surface area contributed by atoms with E-state index in [1.54, 1.807) is 0 Å². The monoisotopic (exact) mass is 412 g/mol. The van der Waals surface area contributed by atoms with E-state index in [1.807, 2.05) is 6.92 Å². The van der Waals surface area contributed by atoms with Gasteiger partial charge in [0.1, 0.15) is 4.88 Å². The molecule has 1 saturated heterocycles. The molecule has 5 nitrogen and oxygen atoms in total. The van der Waals surface area contributed by atoms with Crippen molar-refractivity contribution in [1.82, 2.24) is 15.2 Å². The Bertz CT molecular complexity index is 792. The number of aryl methyl sites for hydroxylation is 1. The van der Waals surface area contributed by atoms with Gasteiger partial charge in [0, 0.05) is 31.7 Å². The number of nitrogens with one attached hydrogen (secondary N) is 2. The van der Waals surface area contributed by atoms with E-state index in [-0.39, 0.29) is 11.9 Å². The molecule has 0 radical (unpaired) electrons. The quantitative estimate of drug-likeness (QED) is 0.729. The van der Waals surface area contributed by atoms with Crippen LogP contribution in [-0.4, -0.2) is 41.0 Å². The van der Waals surface area contributed by atoms with Crippen molar-refractivity contribution in [2.45, 2.75) is 70.5 Å². The molecule has 2 aromatic rings. The van der Waals surface area contributed by atoms with Gasteiger partial charge in [-0.1, -0.05) is 60.9 Å². The summed E-state index contributed by atoms with van der Waals surface area (Å²) < 4.78 is 0. The Balaban J connectivity index is 1.26. The summed E-state index contributed by atoms with van der Waals surface area (Å²) in [5.41, 5.74) is 2.19. The second-order valence-corrected chi connectivity index (χ2v) is 9.42. The topological polar surface area (TPSA) is 57.3 Å². The van der Waals surface area contributed by atoms with Gasteiger partial charge in [-0.05, 0) is 38.2 Å². The van der Waals surface area contributed by atoms with Crippen LogP contribution in [0.2, 0.25) is 0 Å². The lowest BCUT2D eigenvalue weighted by Gasteiger charge is -2.32. The maximum absolute atomic E-state index is 12.8. The van der Waals surface area contributed by atoms with Crippen molar-refractivity contribution in [3.05, 3.63) is 46.5 Å². The van der Waals surface area contributed by atoms with E-state index in [9.17, 15) is 4.79 Å². The number of benzene rings is 1. The van der Waals surface area contributed by atoms with Crippen molar-refractivity contribution in [2.75, 3.05) is 18.4 Å². The maximum atomic E-state index is 12.8. The maximum Gasteiger partial charge on any atom is 0.263 e. The summed E-state index contributed by atoms with van der Waals surface area (Å²) in [6.07, 6.45) is 8.35. The van der Waals surface area contributed by atoms with Crippen LogP contribution in [0.25, 0.3) is 0 Å². The van der Waals surface area contributed by atoms with E-state index in [4.69, 9.17) is 0 Å². The molecule has 4 rings (SSSR count). The summed E-state index contributed by atoms with van der Waals surface area (Å²) in [5.74, 6) is 0.0400. The van der Waals surface area contributed by atoms with E-state index < -0.39 is 0 Å². The zero-order valence-electron chi connectivity index (χ0n) is 17.3. The predicted molar refractivity (Wildman–Crippen MR) is 120 cm³/mol. The van der Waals surface area contributed by atoms with Crippen molar-refractivity contribution < 1.29 is 4.79 Å². The summed E-state index contributed by atoms with van der Waals surface area (Å²) >= 11 is 1.51. The van der Waals surface area contributed by atoms with Crippen molar-refractivity contribution in [3.63, 3.8) is 0 Å². The first-order valence-corrected chi connectivity index (χ1v) is 11.8. The largest absolute Gasteiger partial charge is 0.359 e. The third kappa shape index (κ3) is 5.58. The summed E-state index contributed by atoms with van der Waals surface area (Å²) in [6, 6.07) is 11.4. The number of carbonyl (C=O) groups is 1. The van der Waals surface area contributed by atoms with Gasteiger partial charge in [-0.25, -0.2) is 4.98 Å². The predicted octanol–water partition coefficient (Wildman–Crippen LogP) is 4.59. The second-order valence-electron chi connectivity index (χ2n) is 8.42. The number of anilines is 1. The molecular formula is C23H32N4OS. The third-order valence-corrected chi connectivity index (χ3v) is 7.19. The summed E-state index contributed by atoms with van der Waals surface area (Å²) in [5, 5.41) is 7.70. The highest BCUT2D eigenvalue weighted by Gasteiger charge is 2.24. The Morgan fingerprint density at radius 3 is 2.52 bits per heavy atom. The Labute approximate surface area is 177 Å². The Morgan fingerprint density at radius 1 is 1.07 bits per heavy atom. The highest BCUT2D eigenvalue weighted by Crippen LogP contribution is 2.27. The van der Waals surface area contributed by atoms with Crippen molar-refractivity contribution in [2.24, 2.45) is 0 Å². The number of piperidine rings is 1. The van der Waals surface area contributed by atoms with E-state index in [2.05, 4.69) is 50.8 Å². The molecule has 29 heavy (non-hydrogen) atoms. The van der Waals surface area contributed by atoms with Gasteiger partial charge in [0.15, 0.2) is 5.13 Å². The number of nitrogens with zero attached hydrogens (tertiary/aromatic N) is 2. The number of hydrogen-bond donors (Lipinski definition) is 2. The summed E-state index contributed by atoms with van der Waals surface area (Å²) in [6.45, 7) is 4.98. The number of rotatable bonds is 6. The molecule has 2 aliphatic rings. The standard InChI is InChI=1S/C23H32N4OS/c1-17-21(29-23(24-17)26-19-10-6-3-7-11-19)22(28)25-20-12-14-27(15-13-20)16-18-8-4-2-5-9-18/h2,4-5,8-9,19-20H,3,6-7,10-16H2,1H3,(H,24,26)(H,25,28). The first kappa shape index (κ1) is 20.4. The second kappa shape index (κ2) is 9.72. The average Bonchev–Trinajstić information content (AvgIpc) is 3.11. The molecule has 1 aliphatic heterocycles. The van der Waals surface area contributed by atoms with Crippen molar-refractivity contribution in [3.8, 4) is 0 Å². The van der Waals surface area contributed by atoms with Crippen LogP contribution in [-0.2, 0) is 6.54 Å². The van der Waals surface area contributed by atoms with E-state index in [0.717, 1.165) is 48.2 Å². The van der Waals surface area contributed by atoms with Crippen molar-refractivity contribution >= 4 is 22.4 Å². The molecular weight excluding hydrogens is 380 g/mol. The smallest absolute Gasteiger partial charge is 0.263 e. The van der Waals surface area contributed by atoms with Crippen LogP contribution >= 0.6 is 11.3 Å². The zero-order valence-corrected chi connectivity index (χ0v) is 18.1. The summed E-state index contributed by atoms with van der Waals surface area (Å²) in [7, 11) is 0. The molecule has 0 bridgehead atoms. The number of carbonyl (C=O) groups excluding carboxylic acids is 1. The molecule has 1 amide bonds. The van der Waals surface area contributed by atoms with Gasteiger partial charge in [0.05, 0.1) is 5.69 Å². The van der Waals surface area contributed by atoms with Crippen LogP contribution in [0.15, 0.2) is 30.3 Å². The van der Waals surface area contributed by atoms with E-state index in [0.29, 0.717) is 6.04 Å². The highest BCUT2D eigenvalue weighted by molar-refractivity contribution is 7.17. The molecule has 1 aliphatic carbocycles. The summed E-state index contributed by atoms with van der Waals surface area (Å²) in [4.78, 5) is 20.7. The third-order valence-electron chi connectivity index (χ3n) is 6.11. The Hall–Kier alpha value is -1.92. The minimum Gasteiger partial charge on any atom is -0.359 e. The molecule has 1 saturated carbocycles. The Morgan fingerprint density at radius 2 is 1.79 bits per heavy atom. The average molecular weight is 413 g/mol. The minimum atomic E-state index is 0.0400. The molecule has 0 atom stereocenters. The number of likely N-dealkylation sites (tertiary alicyclic amines) is 1. The van der Waals surface area contributed by atoms with Gasteiger partial charge < -0.3 is 10.6 Å². The molecule has 6 heteroatoms. The van der Waals surface area contributed by atoms with Gasteiger partial charge in [0.2, 0.25) is 0 Å². The minimum absolute atomic E-state index is 0.0400. The van der Waals surface area contributed by atoms with E-state index in [1.165, 1.54) is 49.0 Å². The lowest BCUT2D eigenvalue weighted by atomic mass is 9.96. The van der Waals surface area contributed by atoms with Crippen LogP contribution in [0.3, 0.4) is 0 Å². The van der Waals surface area contributed by atoms with Crippen molar-refractivity contribution in [1.29, 1.82) is 0 Å². The fraction of sp³-hybridized carbons (Fsp3) is 0.565. The number of hydrogen-bond acceptors (Lipinski definition) is 5. The molecule has 156 valence electrons. The molecule has 2 fully saturated rings. The fourth-order valence-corrected chi connectivity index (χ4v) is 5.36. The van der Waals surface area contributed by atoms with Gasteiger partial charge in [0.25, 0.3) is 5.91 Å². The Kier molecular flexibility index (Phi) is 6.82. The normalized spacial score (nSPS) is 19.2. The van der Waals surface area contributed by atoms with Crippen LogP contribution in [0.5, 0.6) is 0 Å².